The number of nitrogens with zero attached hydrogens (tertiary/aromatic N) is 1. The van der Waals surface area contributed by atoms with Crippen LogP contribution in [0.4, 0.5) is 5.69 Å². The molecule has 1 amide bonds. The minimum Gasteiger partial charge on any atom is -0.489 e. The summed E-state index contributed by atoms with van der Waals surface area (Å²) in [7, 11) is 0. The molecule has 6 heteroatoms. The molecule has 1 heterocycles. The number of ether oxygens (including phenoxy) is 1. The monoisotopic (exact) mass is 462 g/mol. The quantitative estimate of drug-likeness (QED) is 0.439. The second-order valence-electron chi connectivity index (χ2n) is 6.82. The van der Waals surface area contributed by atoms with Gasteiger partial charge >= 0.3 is 0 Å². The topological polar surface area (TPSA) is 60.3 Å². The van der Waals surface area contributed by atoms with E-state index in [4.69, 9.17) is 4.74 Å². The number of halogens is 1. The molecule has 0 spiro atoms. The SMILES string of the molecule is O=C(Cn1ccc(=O)c2ccc(Br)cc21)Nc1ccc(OCc2ccccc2)cc1. The largest absolute Gasteiger partial charge is 0.489 e. The molecule has 5 nitrogen and oxygen atoms in total. The van der Waals surface area contributed by atoms with Gasteiger partial charge in [0.25, 0.3) is 0 Å². The highest BCUT2D eigenvalue weighted by atomic mass is 79.9. The van der Waals surface area contributed by atoms with Crippen molar-refractivity contribution in [3.8, 4) is 5.75 Å². The predicted molar refractivity (Wildman–Crippen MR) is 122 cm³/mol. The molecule has 0 saturated heterocycles. The Bertz CT molecular complexity index is 1240. The molecule has 4 rings (SSSR count). The smallest absolute Gasteiger partial charge is 0.244 e. The van der Waals surface area contributed by atoms with Crippen molar-refractivity contribution in [1.82, 2.24) is 4.57 Å². The minimum atomic E-state index is -0.183. The number of aromatic nitrogens is 1. The van der Waals surface area contributed by atoms with E-state index >= 15 is 0 Å². The molecule has 30 heavy (non-hydrogen) atoms. The fourth-order valence-corrected chi connectivity index (χ4v) is 3.50. The molecule has 150 valence electrons. The number of carbonyl (C=O) groups is 1. The number of amides is 1. The van der Waals surface area contributed by atoms with E-state index in [9.17, 15) is 9.59 Å². The van der Waals surface area contributed by atoms with E-state index in [2.05, 4.69) is 21.2 Å². The van der Waals surface area contributed by atoms with Crippen LogP contribution in [0.25, 0.3) is 10.9 Å². The first-order chi connectivity index (χ1) is 14.6. The lowest BCUT2D eigenvalue weighted by atomic mass is 10.2. The van der Waals surface area contributed by atoms with Gasteiger partial charge in [0.05, 0.1) is 5.52 Å². The van der Waals surface area contributed by atoms with Crippen molar-refractivity contribution >= 4 is 38.4 Å². The normalized spacial score (nSPS) is 10.7. The van der Waals surface area contributed by atoms with Crippen molar-refractivity contribution in [3.05, 3.63) is 105 Å². The number of benzene rings is 3. The number of anilines is 1. The molecule has 0 aliphatic carbocycles. The van der Waals surface area contributed by atoms with Crippen molar-refractivity contribution in [1.29, 1.82) is 0 Å². The summed E-state index contributed by atoms with van der Waals surface area (Å²) in [5.41, 5.74) is 2.41. The first kappa shape index (κ1) is 19.9. The van der Waals surface area contributed by atoms with E-state index in [1.54, 1.807) is 29.0 Å². The van der Waals surface area contributed by atoms with Crippen LogP contribution >= 0.6 is 15.9 Å². The van der Waals surface area contributed by atoms with Gasteiger partial charge in [0.1, 0.15) is 18.9 Å². The number of hydrogen-bond donors (Lipinski definition) is 1. The summed E-state index contributed by atoms with van der Waals surface area (Å²) in [5.74, 6) is 0.547. The van der Waals surface area contributed by atoms with Gasteiger partial charge in [-0.1, -0.05) is 46.3 Å². The van der Waals surface area contributed by atoms with Gasteiger partial charge < -0.3 is 14.6 Å². The van der Waals surface area contributed by atoms with Crippen LogP contribution in [-0.2, 0) is 17.9 Å². The molecule has 0 bridgehead atoms. The van der Waals surface area contributed by atoms with E-state index in [0.29, 0.717) is 23.2 Å². The minimum absolute atomic E-state index is 0.0692. The molecule has 0 atom stereocenters. The molecule has 0 radical (unpaired) electrons. The van der Waals surface area contributed by atoms with Crippen molar-refractivity contribution in [2.24, 2.45) is 0 Å². The highest BCUT2D eigenvalue weighted by Crippen LogP contribution is 2.19. The maximum atomic E-state index is 12.5. The fourth-order valence-electron chi connectivity index (χ4n) is 3.15. The highest BCUT2D eigenvalue weighted by Gasteiger charge is 2.08. The summed E-state index contributed by atoms with van der Waals surface area (Å²) >= 11 is 3.42. The van der Waals surface area contributed by atoms with Crippen LogP contribution in [0.1, 0.15) is 5.56 Å². The second-order valence-corrected chi connectivity index (χ2v) is 7.73. The van der Waals surface area contributed by atoms with Crippen LogP contribution in [0.5, 0.6) is 5.75 Å². The molecule has 1 aromatic heterocycles. The average molecular weight is 463 g/mol. The Labute approximate surface area is 182 Å². The molecule has 0 saturated carbocycles. The Morgan fingerprint density at radius 1 is 0.967 bits per heavy atom. The van der Waals surface area contributed by atoms with Gasteiger partial charge in [-0.05, 0) is 48.0 Å². The molecule has 0 aliphatic rings. The van der Waals surface area contributed by atoms with E-state index in [0.717, 1.165) is 15.8 Å². The third kappa shape index (κ3) is 4.78. The lowest BCUT2D eigenvalue weighted by molar-refractivity contribution is -0.116. The summed E-state index contributed by atoms with van der Waals surface area (Å²) in [5, 5.41) is 3.46. The van der Waals surface area contributed by atoms with Crippen LogP contribution in [0.3, 0.4) is 0 Å². The molecule has 0 aliphatic heterocycles. The number of rotatable bonds is 6. The number of pyridine rings is 1. The Kier molecular flexibility index (Phi) is 5.95. The van der Waals surface area contributed by atoms with Gasteiger partial charge in [0.15, 0.2) is 5.43 Å². The van der Waals surface area contributed by atoms with Crippen LogP contribution in [0.15, 0.2) is 94.3 Å². The summed E-state index contributed by atoms with van der Waals surface area (Å²) in [6, 6.07) is 24.1. The number of hydrogen-bond acceptors (Lipinski definition) is 3. The summed E-state index contributed by atoms with van der Waals surface area (Å²) < 4.78 is 8.37. The Balaban J connectivity index is 1.41. The van der Waals surface area contributed by atoms with Crippen molar-refractivity contribution < 1.29 is 9.53 Å². The lowest BCUT2D eigenvalue weighted by Crippen LogP contribution is -2.20. The lowest BCUT2D eigenvalue weighted by Gasteiger charge is -2.12. The molecular formula is C24H19BrN2O3. The number of nitrogens with one attached hydrogen (secondary N) is 1. The molecule has 4 aromatic rings. The van der Waals surface area contributed by atoms with Crippen LogP contribution in [0.2, 0.25) is 0 Å². The summed E-state index contributed by atoms with van der Waals surface area (Å²) in [4.78, 5) is 24.6. The van der Waals surface area contributed by atoms with Gasteiger partial charge in [-0.3, -0.25) is 9.59 Å². The number of fused-ring (bicyclic) bond motifs is 1. The summed E-state index contributed by atoms with van der Waals surface area (Å²) in [6.45, 7) is 0.584. The van der Waals surface area contributed by atoms with Crippen LogP contribution < -0.4 is 15.5 Å². The maximum absolute atomic E-state index is 12.5. The average Bonchev–Trinajstić information content (AvgIpc) is 2.76. The second kappa shape index (κ2) is 8.97. The zero-order valence-corrected chi connectivity index (χ0v) is 17.6. The van der Waals surface area contributed by atoms with E-state index in [-0.39, 0.29) is 17.9 Å². The van der Waals surface area contributed by atoms with Crippen molar-refractivity contribution in [2.45, 2.75) is 13.2 Å². The molecule has 0 fully saturated rings. The third-order valence-corrected chi connectivity index (χ3v) is 5.13. The van der Waals surface area contributed by atoms with E-state index < -0.39 is 0 Å². The Hall–Kier alpha value is -3.38. The van der Waals surface area contributed by atoms with Crippen molar-refractivity contribution in [2.75, 3.05) is 5.32 Å². The number of carbonyl (C=O) groups excluding carboxylic acids is 1. The van der Waals surface area contributed by atoms with E-state index in [1.807, 2.05) is 54.6 Å². The predicted octanol–water partition coefficient (Wildman–Crippen LogP) is 4.98. The van der Waals surface area contributed by atoms with Gasteiger partial charge in [0, 0.05) is 27.8 Å². The summed E-state index contributed by atoms with van der Waals surface area (Å²) in [6.07, 6.45) is 1.64. The molecule has 0 unspecified atom stereocenters. The van der Waals surface area contributed by atoms with Gasteiger partial charge in [0.2, 0.25) is 5.91 Å². The first-order valence-electron chi connectivity index (χ1n) is 9.44. The van der Waals surface area contributed by atoms with E-state index in [1.165, 1.54) is 6.07 Å². The van der Waals surface area contributed by atoms with Crippen LogP contribution in [-0.4, -0.2) is 10.5 Å². The molecule has 1 N–H and O–H groups in total. The van der Waals surface area contributed by atoms with Gasteiger partial charge in [-0.15, -0.1) is 0 Å². The Morgan fingerprint density at radius 2 is 1.73 bits per heavy atom. The van der Waals surface area contributed by atoms with Gasteiger partial charge in [-0.2, -0.15) is 0 Å². The zero-order chi connectivity index (χ0) is 20.9. The molecule has 3 aromatic carbocycles. The third-order valence-electron chi connectivity index (χ3n) is 4.64. The Morgan fingerprint density at radius 3 is 2.50 bits per heavy atom. The van der Waals surface area contributed by atoms with Crippen LogP contribution in [0, 0.1) is 0 Å². The maximum Gasteiger partial charge on any atom is 0.244 e. The zero-order valence-electron chi connectivity index (χ0n) is 16.0. The van der Waals surface area contributed by atoms with Crippen molar-refractivity contribution in [3.63, 3.8) is 0 Å². The van der Waals surface area contributed by atoms with Gasteiger partial charge in [-0.25, -0.2) is 0 Å². The standard InChI is InChI=1S/C24H19BrN2O3/c25-18-6-11-21-22(14-18)27(13-12-23(21)28)15-24(29)26-19-7-9-20(10-8-19)30-16-17-4-2-1-3-5-17/h1-14H,15-16H2,(H,26,29). The molecular weight excluding hydrogens is 444 g/mol. The highest BCUT2D eigenvalue weighted by molar-refractivity contribution is 9.10. The first-order valence-corrected chi connectivity index (χ1v) is 10.2. The fraction of sp³-hybridized carbons (Fsp3) is 0.0833.